The summed E-state index contributed by atoms with van der Waals surface area (Å²) in [5, 5.41) is 5.56. The Morgan fingerprint density at radius 1 is 1.33 bits per heavy atom. The van der Waals surface area contributed by atoms with Gasteiger partial charge in [-0.2, -0.15) is 0 Å². The van der Waals surface area contributed by atoms with Gasteiger partial charge in [0.15, 0.2) is 0 Å². The Hall–Kier alpha value is -2.04. The Morgan fingerprint density at radius 3 is 2.71 bits per heavy atom. The molecular formula is C16H23N3O2. The lowest BCUT2D eigenvalue weighted by atomic mass is 10.1. The van der Waals surface area contributed by atoms with E-state index in [1.165, 1.54) is 0 Å². The fourth-order valence-electron chi connectivity index (χ4n) is 2.36. The zero-order valence-corrected chi connectivity index (χ0v) is 12.6. The number of amides is 3. The minimum Gasteiger partial charge on any atom is -0.338 e. The van der Waals surface area contributed by atoms with Crippen LogP contribution in [0.15, 0.2) is 30.3 Å². The van der Waals surface area contributed by atoms with Crippen molar-refractivity contribution >= 4 is 17.6 Å². The predicted octanol–water partition coefficient (Wildman–Crippen LogP) is 2.14. The highest BCUT2D eigenvalue weighted by Crippen LogP contribution is 2.20. The number of benzene rings is 1. The highest BCUT2D eigenvalue weighted by atomic mass is 16.2. The number of para-hydroxylation sites is 1. The van der Waals surface area contributed by atoms with Crippen LogP contribution in [0.5, 0.6) is 0 Å². The lowest BCUT2D eigenvalue weighted by Crippen LogP contribution is -2.46. The Labute approximate surface area is 125 Å². The third-order valence-corrected chi connectivity index (χ3v) is 3.59. The number of rotatable bonds is 5. The molecule has 1 aliphatic rings. The van der Waals surface area contributed by atoms with Crippen LogP contribution in [0.1, 0.15) is 26.7 Å². The van der Waals surface area contributed by atoms with Crippen LogP contribution in [0.25, 0.3) is 0 Å². The summed E-state index contributed by atoms with van der Waals surface area (Å²) >= 11 is 0. The maximum Gasteiger partial charge on any atom is 0.315 e. The van der Waals surface area contributed by atoms with E-state index in [0.29, 0.717) is 25.4 Å². The van der Waals surface area contributed by atoms with Crippen LogP contribution in [0.3, 0.4) is 0 Å². The number of carbonyl (C=O) groups excluding carboxylic acids is 2. The fourth-order valence-corrected chi connectivity index (χ4v) is 2.36. The largest absolute Gasteiger partial charge is 0.338 e. The molecule has 1 fully saturated rings. The molecule has 3 amide bonds. The molecule has 5 nitrogen and oxygen atoms in total. The number of urea groups is 1. The second-order valence-corrected chi connectivity index (χ2v) is 5.75. The van der Waals surface area contributed by atoms with E-state index in [-0.39, 0.29) is 11.9 Å². The summed E-state index contributed by atoms with van der Waals surface area (Å²) in [5.41, 5.74) is 0.881. The number of nitrogens with zero attached hydrogens (tertiary/aromatic N) is 1. The molecule has 1 saturated heterocycles. The average molecular weight is 289 g/mol. The first-order valence-corrected chi connectivity index (χ1v) is 7.48. The maximum atomic E-state index is 12.3. The molecule has 1 atom stereocenters. The van der Waals surface area contributed by atoms with E-state index in [4.69, 9.17) is 0 Å². The van der Waals surface area contributed by atoms with E-state index in [2.05, 4.69) is 24.5 Å². The third-order valence-electron chi connectivity index (χ3n) is 3.59. The van der Waals surface area contributed by atoms with Gasteiger partial charge in [0.05, 0.1) is 0 Å². The van der Waals surface area contributed by atoms with Gasteiger partial charge >= 0.3 is 6.03 Å². The first-order chi connectivity index (χ1) is 10.1. The van der Waals surface area contributed by atoms with Gasteiger partial charge in [-0.05, 0) is 30.9 Å². The molecule has 2 N–H and O–H groups in total. The van der Waals surface area contributed by atoms with Gasteiger partial charge in [0.25, 0.3) is 0 Å². The molecule has 1 aliphatic heterocycles. The zero-order chi connectivity index (χ0) is 15.2. The Morgan fingerprint density at radius 2 is 2.05 bits per heavy atom. The summed E-state index contributed by atoms with van der Waals surface area (Å²) < 4.78 is 0. The number of hydrogen-bond acceptors (Lipinski definition) is 2. The molecule has 0 aromatic heterocycles. The third kappa shape index (κ3) is 4.21. The molecule has 1 aromatic rings. The van der Waals surface area contributed by atoms with Crippen molar-refractivity contribution in [3.63, 3.8) is 0 Å². The lowest BCUT2D eigenvalue weighted by molar-refractivity contribution is -0.118. The van der Waals surface area contributed by atoms with Crippen LogP contribution in [-0.2, 0) is 4.79 Å². The van der Waals surface area contributed by atoms with Gasteiger partial charge in [-0.15, -0.1) is 0 Å². The van der Waals surface area contributed by atoms with E-state index in [1.54, 1.807) is 4.90 Å². The molecule has 1 heterocycles. The van der Waals surface area contributed by atoms with E-state index >= 15 is 0 Å². The summed E-state index contributed by atoms with van der Waals surface area (Å²) in [6.45, 7) is 5.49. The quantitative estimate of drug-likeness (QED) is 0.872. The van der Waals surface area contributed by atoms with E-state index in [0.717, 1.165) is 12.1 Å². The average Bonchev–Trinajstić information content (AvgIpc) is 2.81. The minimum absolute atomic E-state index is 0.0415. The summed E-state index contributed by atoms with van der Waals surface area (Å²) in [7, 11) is 0. The van der Waals surface area contributed by atoms with Crippen molar-refractivity contribution in [3.8, 4) is 0 Å². The number of nitrogens with one attached hydrogen (secondary N) is 2. The van der Waals surface area contributed by atoms with E-state index in [1.807, 2.05) is 30.3 Å². The van der Waals surface area contributed by atoms with Crippen molar-refractivity contribution in [1.82, 2.24) is 10.6 Å². The van der Waals surface area contributed by atoms with Crippen molar-refractivity contribution in [2.45, 2.75) is 32.7 Å². The van der Waals surface area contributed by atoms with Gasteiger partial charge in [-0.3, -0.25) is 4.79 Å². The van der Waals surface area contributed by atoms with Gasteiger partial charge < -0.3 is 15.5 Å². The highest BCUT2D eigenvalue weighted by Gasteiger charge is 2.33. The highest BCUT2D eigenvalue weighted by molar-refractivity contribution is 6.01. The summed E-state index contributed by atoms with van der Waals surface area (Å²) in [5.74, 6) is 0.507. The molecule has 0 radical (unpaired) electrons. The van der Waals surface area contributed by atoms with Crippen LogP contribution in [-0.4, -0.2) is 31.1 Å². The maximum absolute atomic E-state index is 12.3. The number of anilines is 1. The van der Waals surface area contributed by atoms with Gasteiger partial charge in [0.1, 0.15) is 6.04 Å². The summed E-state index contributed by atoms with van der Waals surface area (Å²) in [4.78, 5) is 25.8. The van der Waals surface area contributed by atoms with E-state index in [9.17, 15) is 9.59 Å². The molecule has 1 unspecified atom stereocenters. The molecule has 2 rings (SSSR count). The molecular weight excluding hydrogens is 266 g/mol. The predicted molar refractivity (Wildman–Crippen MR) is 83.2 cm³/mol. The monoisotopic (exact) mass is 289 g/mol. The topological polar surface area (TPSA) is 61.4 Å². The summed E-state index contributed by atoms with van der Waals surface area (Å²) in [6.07, 6.45) is 1.58. The van der Waals surface area contributed by atoms with Crippen molar-refractivity contribution in [1.29, 1.82) is 0 Å². The van der Waals surface area contributed by atoms with Crippen molar-refractivity contribution in [2.75, 3.05) is 18.0 Å². The smallest absolute Gasteiger partial charge is 0.315 e. The lowest BCUT2D eigenvalue weighted by Gasteiger charge is -2.17. The van der Waals surface area contributed by atoms with Crippen LogP contribution >= 0.6 is 0 Å². The summed E-state index contributed by atoms with van der Waals surface area (Å²) in [6, 6.07) is 8.85. The van der Waals surface area contributed by atoms with E-state index < -0.39 is 6.04 Å². The number of carbonyl (C=O) groups is 2. The molecule has 0 saturated carbocycles. The second kappa shape index (κ2) is 7.11. The molecule has 5 heteroatoms. The molecule has 114 valence electrons. The van der Waals surface area contributed by atoms with Gasteiger partial charge in [0, 0.05) is 18.8 Å². The standard InChI is InChI=1S/C16H23N3O2/c1-12(2)8-10-17-16(21)18-14-9-11-19(15(14)20)13-6-4-3-5-7-13/h3-7,12,14H,8-11H2,1-2H3,(H2,17,18,21). The van der Waals surface area contributed by atoms with Crippen LogP contribution in [0.2, 0.25) is 0 Å². The van der Waals surface area contributed by atoms with Gasteiger partial charge in [0.2, 0.25) is 5.91 Å². The first kappa shape index (κ1) is 15.4. The van der Waals surface area contributed by atoms with Crippen molar-refractivity contribution < 1.29 is 9.59 Å². The molecule has 0 spiro atoms. The molecule has 21 heavy (non-hydrogen) atoms. The van der Waals surface area contributed by atoms with Crippen LogP contribution < -0.4 is 15.5 Å². The first-order valence-electron chi connectivity index (χ1n) is 7.48. The molecule has 1 aromatic carbocycles. The minimum atomic E-state index is -0.427. The second-order valence-electron chi connectivity index (χ2n) is 5.75. The number of hydrogen-bond donors (Lipinski definition) is 2. The van der Waals surface area contributed by atoms with Gasteiger partial charge in [-0.1, -0.05) is 32.0 Å². The fraction of sp³-hybridized carbons (Fsp3) is 0.500. The Kier molecular flexibility index (Phi) is 5.20. The van der Waals surface area contributed by atoms with Gasteiger partial charge in [-0.25, -0.2) is 4.79 Å². The van der Waals surface area contributed by atoms with Crippen molar-refractivity contribution in [2.24, 2.45) is 5.92 Å². The SMILES string of the molecule is CC(C)CCNC(=O)NC1CCN(c2ccccc2)C1=O. The van der Waals surface area contributed by atoms with Crippen LogP contribution in [0.4, 0.5) is 10.5 Å². The Balaban J connectivity index is 1.83. The van der Waals surface area contributed by atoms with Crippen molar-refractivity contribution in [3.05, 3.63) is 30.3 Å². The molecule has 0 bridgehead atoms. The molecule has 0 aliphatic carbocycles. The zero-order valence-electron chi connectivity index (χ0n) is 12.6. The van der Waals surface area contributed by atoms with Crippen LogP contribution in [0, 0.1) is 5.92 Å². The normalized spacial score (nSPS) is 18.1. The Bertz CT molecular complexity index is 488.